The molecule has 3 aromatic rings. The van der Waals surface area contributed by atoms with Crippen LogP contribution >= 0.6 is 0 Å². The van der Waals surface area contributed by atoms with E-state index < -0.39 is 4.92 Å². The molecule has 0 aliphatic carbocycles. The van der Waals surface area contributed by atoms with Gasteiger partial charge in [0.25, 0.3) is 5.69 Å². The van der Waals surface area contributed by atoms with Crippen molar-refractivity contribution >= 4 is 17.1 Å². The summed E-state index contributed by atoms with van der Waals surface area (Å²) in [5.41, 5.74) is 10.2. The Balaban J connectivity index is 1.30. The van der Waals surface area contributed by atoms with Gasteiger partial charge in [-0.1, -0.05) is 48.2 Å². The van der Waals surface area contributed by atoms with Crippen LogP contribution in [0.15, 0.2) is 84.9 Å². The summed E-state index contributed by atoms with van der Waals surface area (Å²) >= 11 is 0. The van der Waals surface area contributed by atoms with Crippen LogP contribution in [0.3, 0.4) is 0 Å². The highest BCUT2D eigenvalue weighted by Crippen LogP contribution is 2.21. The van der Waals surface area contributed by atoms with Gasteiger partial charge in [0, 0.05) is 81.4 Å². The Labute approximate surface area is 224 Å². The fraction of sp³-hybridized carbons (Fsp3) is 0.333. The predicted octanol–water partition coefficient (Wildman–Crippen LogP) is 3.24. The highest BCUT2D eigenvalue weighted by atomic mass is 16.6. The van der Waals surface area contributed by atoms with Crippen molar-refractivity contribution in [3.63, 3.8) is 0 Å². The second-order valence-corrected chi connectivity index (χ2v) is 9.73. The van der Waals surface area contributed by atoms with Crippen LogP contribution in [0.25, 0.3) is 0 Å². The van der Waals surface area contributed by atoms with E-state index in [4.69, 9.17) is 5.73 Å². The topological polar surface area (TPSA) is 82.1 Å². The molecule has 0 radical (unpaired) electrons. The first-order valence-electron chi connectivity index (χ1n) is 13.2. The van der Waals surface area contributed by atoms with Crippen molar-refractivity contribution in [3.8, 4) is 11.8 Å². The molecule has 2 saturated heterocycles. The number of nitro groups is 1. The lowest BCUT2D eigenvalue weighted by atomic mass is 10.1. The second-order valence-electron chi connectivity index (χ2n) is 9.73. The van der Waals surface area contributed by atoms with Crippen LogP contribution < -0.4 is 15.5 Å². The van der Waals surface area contributed by atoms with Gasteiger partial charge in [-0.25, -0.2) is 0 Å². The van der Waals surface area contributed by atoms with Crippen LogP contribution in [0.1, 0.15) is 5.56 Å². The van der Waals surface area contributed by atoms with Crippen molar-refractivity contribution in [2.45, 2.75) is 12.2 Å². The van der Waals surface area contributed by atoms with Crippen molar-refractivity contribution in [2.24, 2.45) is 5.73 Å². The van der Waals surface area contributed by atoms with Gasteiger partial charge in [0.1, 0.15) is 6.04 Å². The van der Waals surface area contributed by atoms with Gasteiger partial charge in [0.15, 0.2) is 0 Å². The third-order valence-electron chi connectivity index (χ3n) is 7.45. The molecule has 0 aromatic heterocycles. The molecule has 0 amide bonds. The van der Waals surface area contributed by atoms with Gasteiger partial charge in [-0.3, -0.25) is 19.9 Å². The van der Waals surface area contributed by atoms with E-state index in [9.17, 15) is 10.1 Å². The highest BCUT2D eigenvalue weighted by Gasteiger charge is 2.32. The van der Waals surface area contributed by atoms with Gasteiger partial charge < -0.3 is 15.5 Å². The smallest absolute Gasteiger partial charge is 0.269 e. The third-order valence-corrected chi connectivity index (χ3v) is 7.45. The van der Waals surface area contributed by atoms with E-state index in [1.807, 2.05) is 12.1 Å². The summed E-state index contributed by atoms with van der Waals surface area (Å²) in [5.74, 6) is 6.72. The lowest BCUT2D eigenvalue weighted by Gasteiger charge is -2.45. The minimum Gasteiger partial charge on any atom is -0.369 e. The van der Waals surface area contributed by atoms with Gasteiger partial charge in [-0.05, 0) is 36.4 Å². The predicted molar refractivity (Wildman–Crippen MR) is 152 cm³/mol. The molecule has 38 heavy (non-hydrogen) atoms. The molecule has 5 rings (SSSR count). The summed E-state index contributed by atoms with van der Waals surface area (Å²) in [6.45, 7) is 7.14. The van der Waals surface area contributed by atoms with Crippen LogP contribution in [0.5, 0.6) is 0 Å². The molecule has 2 N–H and O–H groups in total. The van der Waals surface area contributed by atoms with Gasteiger partial charge in [0.05, 0.1) is 11.1 Å². The van der Waals surface area contributed by atoms with Crippen LogP contribution in [0.4, 0.5) is 17.1 Å². The van der Waals surface area contributed by atoms with Gasteiger partial charge in [0.2, 0.25) is 0 Å². The zero-order valence-electron chi connectivity index (χ0n) is 21.5. The average Bonchev–Trinajstić information content (AvgIpc) is 2.99. The van der Waals surface area contributed by atoms with Crippen molar-refractivity contribution in [2.75, 3.05) is 62.2 Å². The lowest BCUT2D eigenvalue weighted by molar-refractivity contribution is -0.384. The van der Waals surface area contributed by atoms with Gasteiger partial charge in [-0.2, -0.15) is 0 Å². The van der Waals surface area contributed by atoms with Crippen LogP contribution in [0.2, 0.25) is 0 Å². The summed E-state index contributed by atoms with van der Waals surface area (Å²) in [6, 6.07) is 27.3. The first-order valence-corrected chi connectivity index (χ1v) is 13.2. The summed E-state index contributed by atoms with van der Waals surface area (Å²) in [6.07, 6.45) is -0.234. The van der Waals surface area contributed by atoms with Gasteiger partial charge >= 0.3 is 0 Å². The Hall–Kier alpha value is -3.90. The average molecular weight is 511 g/mol. The Morgan fingerprint density at radius 1 is 0.684 bits per heavy atom. The Bertz CT molecular complexity index is 1240. The van der Waals surface area contributed by atoms with Crippen molar-refractivity contribution in [1.82, 2.24) is 9.80 Å². The first kappa shape index (κ1) is 25.7. The lowest BCUT2D eigenvalue weighted by Crippen LogP contribution is -2.63. The maximum Gasteiger partial charge on any atom is 0.269 e. The molecule has 0 bridgehead atoms. The number of non-ortho nitro benzene ring substituents is 1. The van der Waals surface area contributed by atoms with E-state index in [-0.39, 0.29) is 17.9 Å². The second kappa shape index (κ2) is 12.1. The zero-order valence-corrected chi connectivity index (χ0v) is 21.5. The van der Waals surface area contributed by atoms with E-state index in [0.29, 0.717) is 0 Å². The molecule has 0 saturated carbocycles. The van der Waals surface area contributed by atoms with Crippen molar-refractivity contribution < 1.29 is 4.92 Å². The quantitative estimate of drug-likeness (QED) is 0.310. The third kappa shape index (κ3) is 6.14. The van der Waals surface area contributed by atoms with Crippen molar-refractivity contribution in [1.29, 1.82) is 0 Å². The fourth-order valence-corrected chi connectivity index (χ4v) is 5.23. The minimum absolute atomic E-state index is 0.0668. The van der Waals surface area contributed by atoms with Crippen molar-refractivity contribution in [3.05, 3.63) is 101 Å². The number of anilines is 2. The SMILES string of the molecule is NC(C(C#Cc1ccc([N+](=O)[O-])cc1)N1CCN(c2ccccc2)CC1)N1CCN(c2ccccc2)CC1. The van der Waals surface area contributed by atoms with E-state index in [1.54, 1.807) is 12.1 Å². The highest BCUT2D eigenvalue weighted by molar-refractivity contribution is 5.47. The summed E-state index contributed by atoms with van der Waals surface area (Å²) < 4.78 is 0. The molecule has 2 aliphatic heterocycles. The molecule has 0 spiro atoms. The number of piperazine rings is 2. The molecule has 2 aliphatic rings. The molecule has 2 unspecified atom stereocenters. The zero-order chi connectivity index (χ0) is 26.3. The Morgan fingerprint density at radius 2 is 1.16 bits per heavy atom. The summed E-state index contributed by atoms with van der Waals surface area (Å²) in [4.78, 5) is 20.2. The Morgan fingerprint density at radius 3 is 1.63 bits per heavy atom. The standard InChI is InChI=1S/C30H34N6O2/c31-30(35-23-19-33(20-24-35)27-9-5-2-6-10-27)29(16-13-25-11-14-28(15-12-25)36(37)38)34-21-17-32(18-22-34)26-7-3-1-4-8-26/h1-12,14-15,29-30H,17-24,31H2. The maximum absolute atomic E-state index is 11.0. The molecular formula is C30H34N6O2. The molecule has 8 heteroatoms. The summed E-state index contributed by atoms with van der Waals surface area (Å²) in [7, 11) is 0. The minimum atomic E-state index is -0.392. The van der Waals surface area contributed by atoms with Crippen LogP contribution in [0, 0.1) is 22.0 Å². The molecule has 196 valence electrons. The molecule has 2 atom stereocenters. The van der Waals surface area contributed by atoms with E-state index in [1.165, 1.54) is 23.5 Å². The van der Waals surface area contributed by atoms with Crippen LogP contribution in [-0.4, -0.2) is 79.3 Å². The first-order chi connectivity index (χ1) is 18.6. The van der Waals surface area contributed by atoms with E-state index in [2.05, 4.69) is 80.0 Å². The number of para-hydroxylation sites is 2. The number of nitro benzene ring substituents is 1. The largest absolute Gasteiger partial charge is 0.369 e. The maximum atomic E-state index is 11.0. The number of hydrogen-bond donors (Lipinski definition) is 1. The Kier molecular flexibility index (Phi) is 8.19. The fourth-order valence-electron chi connectivity index (χ4n) is 5.23. The monoisotopic (exact) mass is 510 g/mol. The summed E-state index contributed by atoms with van der Waals surface area (Å²) in [5, 5.41) is 11.0. The number of nitrogens with two attached hydrogens (primary N) is 1. The number of hydrogen-bond acceptors (Lipinski definition) is 7. The molecule has 8 nitrogen and oxygen atoms in total. The normalized spacial score (nSPS) is 18.3. The number of benzene rings is 3. The van der Waals surface area contributed by atoms with Crippen LogP contribution in [-0.2, 0) is 0 Å². The number of rotatable bonds is 6. The molecule has 3 aromatic carbocycles. The number of nitrogens with zero attached hydrogens (tertiary/aromatic N) is 5. The molecular weight excluding hydrogens is 476 g/mol. The molecule has 2 heterocycles. The van der Waals surface area contributed by atoms with Gasteiger partial charge in [-0.15, -0.1) is 0 Å². The van der Waals surface area contributed by atoms with E-state index in [0.717, 1.165) is 57.9 Å². The molecule has 2 fully saturated rings. The van der Waals surface area contributed by atoms with E-state index >= 15 is 0 Å².